The van der Waals surface area contributed by atoms with E-state index in [1.807, 2.05) is 6.92 Å². The predicted molar refractivity (Wildman–Crippen MR) is 72.2 cm³/mol. The molecular formula is C12H25AlO5. The van der Waals surface area contributed by atoms with Crippen LogP contribution in [0.5, 0.6) is 0 Å². The fourth-order valence-electron chi connectivity index (χ4n) is 1.05. The van der Waals surface area contributed by atoms with Gasteiger partial charge in [-0.3, -0.25) is 4.79 Å². The summed E-state index contributed by atoms with van der Waals surface area (Å²) in [7, 11) is 0. The van der Waals surface area contributed by atoms with Crippen LogP contribution in [-0.2, 0) is 23.8 Å². The molecule has 0 aliphatic carbocycles. The van der Waals surface area contributed by atoms with Crippen LogP contribution in [0.25, 0.3) is 0 Å². The monoisotopic (exact) mass is 276 g/mol. The van der Waals surface area contributed by atoms with E-state index < -0.39 is 18.2 Å². The predicted octanol–water partition coefficient (Wildman–Crippen LogP) is 0.848. The van der Waals surface area contributed by atoms with Crippen molar-refractivity contribution in [1.82, 2.24) is 0 Å². The molecule has 0 aliphatic heterocycles. The summed E-state index contributed by atoms with van der Waals surface area (Å²) in [6, 6.07) is 0. The van der Waals surface area contributed by atoms with E-state index in [1.54, 1.807) is 27.7 Å². The van der Waals surface area contributed by atoms with Crippen LogP contribution in [0.1, 0.15) is 47.5 Å². The highest BCUT2D eigenvalue weighted by molar-refractivity contribution is 5.87. The maximum atomic E-state index is 11.6. The van der Waals surface area contributed by atoms with Crippen molar-refractivity contribution in [2.24, 2.45) is 0 Å². The van der Waals surface area contributed by atoms with Gasteiger partial charge in [0.25, 0.3) is 6.29 Å². The third kappa shape index (κ3) is 9.61. The summed E-state index contributed by atoms with van der Waals surface area (Å²) >= 11 is 0. The molecule has 6 heteroatoms. The van der Waals surface area contributed by atoms with Crippen LogP contribution in [0.3, 0.4) is 0 Å². The smallest absolute Gasteiger partial charge is 0.371 e. The van der Waals surface area contributed by atoms with Gasteiger partial charge in [-0.25, -0.2) is 4.79 Å². The highest BCUT2D eigenvalue weighted by Gasteiger charge is 2.26. The Morgan fingerprint density at radius 1 is 1.00 bits per heavy atom. The molecule has 0 atom stereocenters. The Morgan fingerprint density at radius 3 is 1.78 bits per heavy atom. The Labute approximate surface area is 119 Å². The number of esters is 2. The molecule has 0 aromatic carbocycles. The van der Waals surface area contributed by atoms with Crippen LogP contribution < -0.4 is 0 Å². The van der Waals surface area contributed by atoms with Crippen molar-refractivity contribution in [1.29, 1.82) is 0 Å². The second-order valence-corrected chi connectivity index (χ2v) is 4.24. The lowest BCUT2D eigenvalue weighted by Crippen LogP contribution is -2.35. The molecular weight excluding hydrogens is 251 g/mol. The molecule has 0 aromatic heterocycles. The highest BCUT2D eigenvalue weighted by Crippen LogP contribution is 2.07. The van der Waals surface area contributed by atoms with Crippen LogP contribution in [0, 0.1) is 0 Å². The van der Waals surface area contributed by atoms with Gasteiger partial charge in [0.15, 0.2) is 17.4 Å². The molecule has 0 radical (unpaired) electrons. The first-order chi connectivity index (χ1) is 7.86. The average molecular weight is 276 g/mol. The number of rotatable bonds is 7. The molecule has 0 rings (SSSR count). The molecule has 18 heavy (non-hydrogen) atoms. The van der Waals surface area contributed by atoms with Crippen LogP contribution in [0.2, 0.25) is 0 Å². The largest absolute Gasteiger partial charge is 0.389 e. The molecule has 0 aliphatic rings. The number of hydrogen-bond donors (Lipinski definition) is 0. The summed E-state index contributed by atoms with van der Waals surface area (Å²) in [5, 5.41) is 0. The molecule has 0 N–H and O–H groups in total. The first-order valence-electron chi connectivity index (χ1n) is 5.92. The summed E-state index contributed by atoms with van der Waals surface area (Å²) in [4.78, 5) is 22.8. The van der Waals surface area contributed by atoms with Crippen LogP contribution in [0.4, 0.5) is 0 Å². The lowest BCUT2D eigenvalue weighted by atomic mass is 10.3. The summed E-state index contributed by atoms with van der Waals surface area (Å²) < 4.78 is 15.1. The van der Waals surface area contributed by atoms with Crippen molar-refractivity contribution >= 4 is 29.3 Å². The fourth-order valence-corrected chi connectivity index (χ4v) is 1.05. The Hall–Kier alpha value is -0.408. The number of ether oxygens (including phenoxy) is 3. The van der Waals surface area contributed by atoms with E-state index in [-0.39, 0.29) is 36.0 Å². The SMILES string of the molecule is CCCC(=O)OC(=O)C(OC(C)C)OC(C)C.[AlH3]. The van der Waals surface area contributed by atoms with Gasteiger partial charge >= 0.3 is 11.9 Å². The van der Waals surface area contributed by atoms with E-state index in [2.05, 4.69) is 4.74 Å². The summed E-state index contributed by atoms with van der Waals surface area (Å²) in [6.07, 6.45) is -0.676. The zero-order valence-electron chi connectivity index (χ0n) is 11.2. The van der Waals surface area contributed by atoms with Gasteiger partial charge in [-0.05, 0) is 34.1 Å². The van der Waals surface area contributed by atoms with Crippen molar-refractivity contribution in [2.45, 2.75) is 66.0 Å². The Bertz CT molecular complexity index is 243. The Morgan fingerprint density at radius 2 is 1.44 bits per heavy atom. The van der Waals surface area contributed by atoms with E-state index in [1.165, 1.54) is 0 Å². The van der Waals surface area contributed by atoms with Gasteiger partial charge in [-0.2, -0.15) is 0 Å². The maximum Gasteiger partial charge on any atom is 0.371 e. The molecule has 0 unspecified atom stereocenters. The molecule has 0 amide bonds. The summed E-state index contributed by atoms with van der Waals surface area (Å²) in [6.45, 7) is 8.93. The minimum Gasteiger partial charge on any atom is -0.389 e. The normalized spacial score (nSPS) is 10.7. The summed E-state index contributed by atoms with van der Waals surface area (Å²) in [5.41, 5.74) is 0. The van der Waals surface area contributed by atoms with Gasteiger partial charge in [0, 0.05) is 6.42 Å². The van der Waals surface area contributed by atoms with E-state index >= 15 is 0 Å². The quantitative estimate of drug-likeness (QED) is 0.298. The first kappa shape index (κ1) is 19.9. The Kier molecular flexibility index (Phi) is 11.6. The molecule has 0 bridgehead atoms. The van der Waals surface area contributed by atoms with Crippen molar-refractivity contribution in [3.63, 3.8) is 0 Å². The van der Waals surface area contributed by atoms with Gasteiger partial charge in [0.05, 0.1) is 12.2 Å². The van der Waals surface area contributed by atoms with Gasteiger partial charge < -0.3 is 14.2 Å². The second-order valence-electron chi connectivity index (χ2n) is 4.24. The third-order valence-electron chi connectivity index (χ3n) is 1.65. The zero-order valence-corrected chi connectivity index (χ0v) is 11.2. The van der Waals surface area contributed by atoms with Gasteiger partial charge in [-0.15, -0.1) is 0 Å². The van der Waals surface area contributed by atoms with E-state index in [4.69, 9.17) is 9.47 Å². The number of hydrogen-bond acceptors (Lipinski definition) is 5. The number of carbonyl (C=O) groups is 2. The zero-order chi connectivity index (χ0) is 13.4. The lowest BCUT2D eigenvalue weighted by Gasteiger charge is -2.20. The maximum absolute atomic E-state index is 11.6. The van der Waals surface area contributed by atoms with Crippen LogP contribution >= 0.6 is 0 Å². The van der Waals surface area contributed by atoms with Gasteiger partial charge in [-0.1, -0.05) is 6.92 Å². The van der Waals surface area contributed by atoms with Crippen LogP contribution in [0.15, 0.2) is 0 Å². The molecule has 5 nitrogen and oxygen atoms in total. The van der Waals surface area contributed by atoms with Crippen molar-refractivity contribution in [2.75, 3.05) is 0 Å². The standard InChI is InChI=1S/C12H22O5.Al.3H/c1-6-7-10(13)17-11(14)12(15-8(2)3)16-9(4)5;;;;/h8-9,12H,6-7H2,1-5H3;;;;. The van der Waals surface area contributed by atoms with Gasteiger partial charge in [0.1, 0.15) is 0 Å². The third-order valence-corrected chi connectivity index (χ3v) is 1.65. The van der Waals surface area contributed by atoms with E-state index in [0.29, 0.717) is 6.42 Å². The molecule has 0 heterocycles. The second kappa shape index (κ2) is 10.5. The van der Waals surface area contributed by atoms with Crippen molar-refractivity contribution in [3.8, 4) is 0 Å². The number of carbonyl (C=O) groups excluding carboxylic acids is 2. The molecule has 0 saturated heterocycles. The first-order valence-corrected chi connectivity index (χ1v) is 5.92. The topological polar surface area (TPSA) is 61.8 Å². The fraction of sp³-hybridized carbons (Fsp3) is 0.833. The van der Waals surface area contributed by atoms with E-state index in [0.717, 1.165) is 0 Å². The minimum absolute atomic E-state index is 0. The Balaban J connectivity index is 0. The van der Waals surface area contributed by atoms with Crippen LogP contribution in [-0.4, -0.2) is 47.8 Å². The van der Waals surface area contributed by atoms with E-state index in [9.17, 15) is 9.59 Å². The molecule has 106 valence electrons. The molecule has 0 fully saturated rings. The van der Waals surface area contributed by atoms with Crippen molar-refractivity contribution < 1.29 is 23.8 Å². The highest BCUT2D eigenvalue weighted by atomic mass is 27.0. The molecule has 0 spiro atoms. The molecule has 0 aromatic rings. The lowest BCUT2D eigenvalue weighted by molar-refractivity contribution is -0.212. The van der Waals surface area contributed by atoms with Crippen molar-refractivity contribution in [3.05, 3.63) is 0 Å². The van der Waals surface area contributed by atoms with Gasteiger partial charge in [0.2, 0.25) is 0 Å². The minimum atomic E-state index is -1.14. The average Bonchev–Trinajstić information content (AvgIpc) is 2.15. The summed E-state index contributed by atoms with van der Waals surface area (Å²) in [5.74, 6) is -1.34. The molecule has 0 saturated carbocycles.